The molecule has 0 saturated carbocycles. The van der Waals surface area contributed by atoms with Crippen LogP contribution in [0, 0.1) is 0 Å². The van der Waals surface area contributed by atoms with Crippen molar-refractivity contribution >= 4 is 29.4 Å². The molecular weight excluding hydrogens is 599 g/mol. The number of halogens is 3. The van der Waals surface area contributed by atoms with Gasteiger partial charge >= 0.3 is 12.1 Å². The Morgan fingerprint density at radius 2 is 1.43 bits per heavy atom. The van der Waals surface area contributed by atoms with Crippen molar-refractivity contribution in [1.29, 1.82) is 0 Å². The molecule has 0 aliphatic rings. The third-order valence-electron chi connectivity index (χ3n) is 7.00. The molecule has 0 radical (unpaired) electrons. The zero-order valence-electron chi connectivity index (χ0n) is 25.4. The molecule has 46 heavy (non-hydrogen) atoms. The second-order valence-corrected chi connectivity index (χ2v) is 10.5. The van der Waals surface area contributed by atoms with E-state index in [1.165, 1.54) is 35.2 Å². The lowest BCUT2D eigenvalue weighted by molar-refractivity contribution is -0.144. The quantitative estimate of drug-likeness (QED) is 0.198. The Hall–Kier alpha value is -5.45. The van der Waals surface area contributed by atoms with Gasteiger partial charge in [-0.15, -0.1) is 0 Å². The molecule has 0 aromatic heterocycles. The number of nitrogens with one attached hydrogen (secondary N) is 2. The molecule has 4 rings (SSSR count). The second kappa shape index (κ2) is 14.6. The summed E-state index contributed by atoms with van der Waals surface area (Å²) in [5.41, 5.74) is 1.89. The average Bonchev–Trinajstić information content (AvgIpc) is 3.04. The summed E-state index contributed by atoms with van der Waals surface area (Å²) in [6.45, 7) is 2.12. The van der Waals surface area contributed by atoms with Gasteiger partial charge in [0.05, 0.1) is 23.2 Å². The Morgan fingerprint density at radius 3 is 2.09 bits per heavy atom. The monoisotopic (exact) mass is 631 g/mol. The predicted molar refractivity (Wildman–Crippen MR) is 167 cm³/mol. The number of benzene rings is 4. The number of ether oxygens (including phenoxy) is 1. The third kappa shape index (κ3) is 8.17. The van der Waals surface area contributed by atoms with Gasteiger partial charge in [0.1, 0.15) is 6.61 Å². The van der Waals surface area contributed by atoms with Gasteiger partial charge in [-0.2, -0.15) is 13.2 Å². The van der Waals surface area contributed by atoms with Crippen LogP contribution in [0.25, 0.3) is 11.1 Å². The van der Waals surface area contributed by atoms with Crippen LogP contribution < -0.4 is 10.6 Å². The first kappa shape index (κ1) is 33.4. The fourth-order valence-corrected chi connectivity index (χ4v) is 4.69. The van der Waals surface area contributed by atoms with Gasteiger partial charge in [0.15, 0.2) is 0 Å². The molecule has 0 saturated heterocycles. The van der Waals surface area contributed by atoms with Crippen LogP contribution >= 0.6 is 0 Å². The number of hydrogen-bond acceptors (Lipinski definition) is 5. The molecule has 0 fully saturated rings. The Bertz CT molecular complexity index is 1750. The first-order chi connectivity index (χ1) is 21.9. The van der Waals surface area contributed by atoms with E-state index in [4.69, 9.17) is 4.74 Å². The predicted octanol–water partition coefficient (Wildman–Crippen LogP) is 6.36. The summed E-state index contributed by atoms with van der Waals surface area (Å²) in [6.07, 6.45) is -4.67. The lowest BCUT2D eigenvalue weighted by Crippen LogP contribution is -2.25. The molecule has 0 atom stereocenters. The Labute approximate surface area is 264 Å². The van der Waals surface area contributed by atoms with Gasteiger partial charge in [0.25, 0.3) is 17.7 Å². The molecule has 0 heterocycles. The molecule has 8 nitrogen and oxygen atoms in total. The van der Waals surface area contributed by atoms with Crippen LogP contribution in [0.5, 0.6) is 0 Å². The Balaban J connectivity index is 1.53. The van der Waals surface area contributed by atoms with Crippen molar-refractivity contribution < 1.29 is 37.1 Å². The first-order valence-electron chi connectivity index (χ1n) is 14.3. The number of alkyl halides is 3. The van der Waals surface area contributed by atoms with Gasteiger partial charge in [0.2, 0.25) is 0 Å². The zero-order valence-corrected chi connectivity index (χ0v) is 25.4. The van der Waals surface area contributed by atoms with Crippen LogP contribution in [-0.2, 0) is 28.7 Å². The van der Waals surface area contributed by atoms with E-state index in [0.29, 0.717) is 34.4 Å². The first-order valence-corrected chi connectivity index (χ1v) is 14.3. The minimum atomic E-state index is -4.49. The SMILES string of the molecule is CCNC(=O)c1ccccc1COC(=O)Cc1ccc(NC(=O)c2ccccc2-c2ccc(C(F)(F)F)cc2)c(C(=O)N(C)C)c1. The lowest BCUT2D eigenvalue weighted by Gasteiger charge is -2.17. The Morgan fingerprint density at radius 1 is 0.783 bits per heavy atom. The van der Waals surface area contributed by atoms with Crippen molar-refractivity contribution in [2.24, 2.45) is 0 Å². The lowest BCUT2D eigenvalue weighted by atomic mass is 9.97. The second-order valence-electron chi connectivity index (χ2n) is 10.5. The molecular formula is C35H32F3N3O5. The number of rotatable bonds is 10. The smallest absolute Gasteiger partial charge is 0.416 e. The summed E-state index contributed by atoms with van der Waals surface area (Å²) in [4.78, 5) is 53.0. The molecule has 11 heteroatoms. The van der Waals surface area contributed by atoms with Gasteiger partial charge in [-0.1, -0.05) is 54.6 Å². The highest BCUT2D eigenvalue weighted by Gasteiger charge is 2.30. The summed E-state index contributed by atoms with van der Waals surface area (Å²) in [7, 11) is 3.09. The van der Waals surface area contributed by atoms with Crippen LogP contribution in [0.3, 0.4) is 0 Å². The van der Waals surface area contributed by atoms with Crippen molar-refractivity contribution in [2.75, 3.05) is 26.0 Å². The summed E-state index contributed by atoms with van der Waals surface area (Å²) in [6, 6.07) is 22.3. The zero-order chi connectivity index (χ0) is 33.4. The fraction of sp³-hybridized carbons (Fsp3) is 0.200. The molecule has 2 N–H and O–H groups in total. The van der Waals surface area contributed by atoms with Crippen molar-refractivity contribution in [1.82, 2.24) is 10.2 Å². The summed E-state index contributed by atoms with van der Waals surface area (Å²) in [5, 5.41) is 5.46. The van der Waals surface area contributed by atoms with Gasteiger partial charge in [-0.05, 0) is 60.0 Å². The minimum absolute atomic E-state index is 0.122. The van der Waals surface area contributed by atoms with E-state index in [1.807, 2.05) is 0 Å². The van der Waals surface area contributed by atoms with Gasteiger partial charge in [0, 0.05) is 37.3 Å². The highest BCUT2D eigenvalue weighted by atomic mass is 19.4. The molecule has 0 aliphatic heterocycles. The average molecular weight is 632 g/mol. The van der Waals surface area contributed by atoms with E-state index in [9.17, 15) is 32.3 Å². The molecule has 4 aromatic carbocycles. The number of carbonyl (C=O) groups excluding carboxylic acids is 4. The summed E-state index contributed by atoms with van der Waals surface area (Å²) >= 11 is 0. The largest absolute Gasteiger partial charge is 0.461 e. The Kier molecular flexibility index (Phi) is 10.6. The number of esters is 1. The highest BCUT2D eigenvalue weighted by Crippen LogP contribution is 2.32. The normalized spacial score (nSPS) is 11.0. The van der Waals surface area contributed by atoms with E-state index in [-0.39, 0.29) is 35.7 Å². The molecule has 0 bridgehead atoms. The van der Waals surface area contributed by atoms with Crippen LogP contribution in [0.4, 0.5) is 18.9 Å². The standard InChI is InChI=1S/C35H32F3N3O5/c1-4-39-32(43)27-11-6-5-9-24(27)21-46-31(42)20-22-13-18-30(29(19-22)34(45)41(2)3)40-33(44)28-12-8-7-10-26(28)23-14-16-25(17-15-23)35(36,37)38/h5-19H,4,20-21H2,1-3H3,(H,39,43)(H,40,44). The maximum atomic E-state index is 13.5. The summed E-state index contributed by atoms with van der Waals surface area (Å²) in [5.74, 6) is -1.88. The molecule has 0 unspecified atom stereocenters. The highest BCUT2D eigenvalue weighted by molar-refractivity contribution is 6.12. The van der Waals surface area contributed by atoms with Gasteiger partial charge in [-0.3, -0.25) is 19.2 Å². The number of amides is 3. The van der Waals surface area contributed by atoms with Crippen LogP contribution in [-0.4, -0.2) is 49.2 Å². The topological polar surface area (TPSA) is 105 Å². The van der Waals surface area contributed by atoms with Crippen LogP contribution in [0.1, 0.15) is 54.7 Å². The number of hydrogen-bond donors (Lipinski definition) is 2. The number of carbonyl (C=O) groups is 4. The number of anilines is 1. The van der Waals surface area contributed by atoms with Crippen molar-refractivity contribution in [2.45, 2.75) is 26.1 Å². The fourth-order valence-electron chi connectivity index (χ4n) is 4.69. The van der Waals surface area contributed by atoms with E-state index in [0.717, 1.165) is 12.1 Å². The van der Waals surface area contributed by atoms with Gasteiger partial charge < -0.3 is 20.3 Å². The molecule has 3 amide bonds. The van der Waals surface area contributed by atoms with Crippen molar-refractivity contribution in [3.05, 3.63) is 124 Å². The van der Waals surface area contributed by atoms with Crippen molar-refractivity contribution in [3.8, 4) is 11.1 Å². The maximum Gasteiger partial charge on any atom is 0.416 e. The molecule has 4 aromatic rings. The van der Waals surface area contributed by atoms with Crippen molar-refractivity contribution in [3.63, 3.8) is 0 Å². The molecule has 0 spiro atoms. The van der Waals surface area contributed by atoms with E-state index < -0.39 is 29.5 Å². The number of nitrogens with zero attached hydrogens (tertiary/aromatic N) is 1. The molecule has 238 valence electrons. The summed E-state index contributed by atoms with van der Waals surface area (Å²) < 4.78 is 44.6. The van der Waals surface area contributed by atoms with Crippen LogP contribution in [0.2, 0.25) is 0 Å². The van der Waals surface area contributed by atoms with Gasteiger partial charge in [-0.25, -0.2) is 0 Å². The maximum absolute atomic E-state index is 13.5. The van der Waals surface area contributed by atoms with E-state index >= 15 is 0 Å². The minimum Gasteiger partial charge on any atom is -0.461 e. The van der Waals surface area contributed by atoms with Crippen LogP contribution in [0.15, 0.2) is 91.0 Å². The third-order valence-corrected chi connectivity index (χ3v) is 7.00. The molecule has 0 aliphatic carbocycles. The van der Waals surface area contributed by atoms with E-state index in [1.54, 1.807) is 69.6 Å². The van der Waals surface area contributed by atoms with E-state index in [2.05, 4.69) is 10.6 Å².